The monoisotopic (exact) mass is 264 g/mol. The normalized spacial score (nSPS) is 26.7. The third-order valence-electron chi connectivity index (χ3n) is 3.37. The van der Waals surface area contributed by atoms with E-state index in [4.69, 9.17) is 10.5 Å². The number of nitrogens with two attached hydrogens (primary N) is 1. The van der Waals surface area contributed by atoms with E-state index in [0.717, 1.165) is 12.0 Å². The first-order valence-electron chi connectivity index (χ1n) is 6.56. The molecule has 1 saturated carbocycles. The molecule has 1 aliphatic rings. The minimum Gasteiger partial charge on any atom is -0.445 e. The van der Waals surface area contributed by atoms with Crippen LogP contribution in [0.1, 0.15) is 24.8 Å². The predicted octanol–water partition coefficient (Wildman–Crippen LogP) is 1.15. The minimum atomic E-state index is -0.538. The number of rotatable bonds is 3. The smallest absolute Gasteiger partial charge is 0.407 e. The van der Waals surface area contributed by atoms with Crippen molar-refractivity contribution in [1.82, 2.24) is 5.32 Å². The van der Waals surface area contributed by atoms with E-state index in [1.807, 2.05) is 30.3 Å². The van der Waals surface area contributed by atoms with Gasteiger partial charge in [-0.25, -0.2) is 4.79 Å². The topological polar surface area (TPSA) is 84.6 Å². The molecule has 19 heavy (non-hydrogen) atoms. The van der Waals surface area contributed by atoms with Crippen LogP contribution >= 0.6 is 0 Å². The SMILES string of the molecule is N[C@@H]1CC[C@H](O)[C@@H](NC(=O)OCc2ccccc2)C1. The number of aliphatic hydroxyl groups is 1. The molecule has 0 aromatic heterocycles. The van der Waals surface area contributed by atoms with Gasteiger partial charge >= 0.3 is 6.09 Å². The lowest BCUT2D eigenvalue weighted by molar-refractivity contribution is 0.0729. The van der Waals surface area contributed by atoms with Gasteiger partial charge in [-0.05, 0) is 24.8 Å². The number of amides is 1. The first kappa shape index (κ1) is 13.8. The summed E-state index contributed by atoms with van der Waals surface area (Å²) in [5.41, 5.74) is 6.75. The lowest BCUT2D eigenvalue weighted by atomic mass is 9.89. The Morgan fingerprint density at radius 1 is 1.37 bits per heavy atom. The van der Waals surface area contributed by atoms with Crippen LogP contribution in [0.3, 0.4) is 0 Å². The highest BCUT2D eigenvalue weighted by molar-refractivity contribution is 5.67. The van der Waals surface area contributed by atoms with E-state index < -0.39 is 12.2 Å². The molecule has 4 N–H and O–H groups in total. The van der Waals surface area contributed by atoms with Crippen molar-refractivity contribution in [2.45, 2.75) is 44.1 Å². The molecule has 0 radical (unpaired) electrons. The second kappa shape index (κ2) is 6.54. The molecule has 1 fully saturated rings. The van der Waals surface area contributed by atoms with Gasteiger partial charge in [0.2, 0.25) is 0 Å². The van der Waals surface area contributed by atoms with E-state index in [9.17, 15) is 9.90 Å². The highest BCUT2D eigenvalue weighted by Gasteiger charge is 2.28. The zero-order valence-electron chi connectivity index (χ0n) is 10.8. The quantitative estimate of drug-likeness (QED) is 0.764. The molecule has 1 amide bonds. The summed E-state index contributed by atoms with van der Waals surface area (Å²) >= 11 is 0. The first-order chi connectivity index (χ1) is 9.15. The van der Waals surface area contributed by atoms with E-state index in [2.05, 4.69) is 5.32 Å². The number of carbonyl (C=O) groups is 1. The number of nitrogens with one attached hydrogen (secondary N) is 1. The first-order valence-corrected chi connectivity index (χ1v) is 6.56. The third kappa shape index (κ3) is 4.22. The van der Waals surface area contributed by atoms with Crippen molar-refractivity contribution in [2.75, 3.05) is 0 Å². The summed E-state index contributed by atoms with van der Waals surface area (Å²) in [6, 6.07) is 9.18. The minimum absolute atomic E-state index is 0.0304. The molecule has 1 aliphatic carbocycles. The zero-order chi connectivity index (χ0) is 13.7. The second-order valence-electron chi connectivity index (χ2n) is 4.95. The predicted molar refractivity (Wildman–Crippen MR) is 71.4 cm³/mol. The molecule has 104 valence electrons. The Hall–Kier alpha value is -1.59. The van der Waals surface area contributed by atoms with Crippen LogP contribution in [-0.4, -0.2) is 29.4 Å². The highest BCUT2D eigenvalue weighted by atomic mass is 16.5. The van der Waals surface area contributed by atoms with Crippen molar-refractivity contribution in [2.24, 2.45) is 5.73 Å². The molecule has 0 unspecified atom stereocenters. The van der Waals surface area contributed by atoms with Gasteiger partial charge in [-0.2, -0.15) is 0 Å². The van der Waals surface area contributed by atoms with Gasteiger partial charge in [0.1, 0.15) is 6.61 Å². The van der Waals surface area contributed by atoms with Crippen LogP contribution in [0.25, 0.3) is 0 Å². The summed E-state index contributed by atoms with van der Waals surface area (Å²) in [4.78, 5) is 11.7. The van der Waals surface area contributed by atoms with Crippen molar-refractivity contribution in [3.8, 4) is 0 Å². The maximum atomic E-state index is 11.7. The highest BCUT2D eigenvalue weighted by Crippen LogP contribution is 2.17. The molecule has 3 atom stereocenters. The van der Waals surface area contributed by atoms with Crippen LogP contribution in [0.5, 0.6) is 0 Å². The Labute approximate surface area is 112 Å². The lowest BCUT2D eigenvalue weighted by Gasteiger charge is -2.31. The van der Waals surface area contributed by atoms with Crippen molar-refractivity contribution in [3.63, 3.8) is 0 Å². The van der Waals surface area contributed by atoms with Gasteiger partial charge in [0.25, 0.3) is 0 Å². The molecule has 5 heteroatoms. The summed E-state index contributed by atoms with van der Waals surface area (Å²) in [5.74, 6) is 0. The molecule has 0 saturated heterocycles. The van der Waals surface area contributed by atoms with E-state index >= 15 is 0 Å². The zero-order valence-corrected chi connectivity index (χ0v) is 10.8. The largest absolute Gasteiger partial charge is 0.445 e. The van der Waals surface area contributed by atoms with Crippen molar-refractivity contribution < 1.29 is 14.6 Å². The summed E-state index contributed by atoms with van der Waals surface area (Å²) in [6.07, 6.45) is 0.941. The molecule has 1 aromatic rings. The Morgan fingerprint density at radius 3 is 2.84 bits per heavy atom. The van der Waals surface area contributed by atoms with Gasteiger partial charge in [-0.1, -0.05) is 30.3 Å². The van der Waals surface area contributed by atoms with Crippen molar-refractivity contribution in [1.29, 1.82) is 0 Å². The molecule has 0 bridgehead atoms. The molecule has 1 aromatic carbocycles. The van der Waals surface area contributed by atoms with Crippen LogP contribution in [0, 0.1) is 0 Å². The average molecular weight is 264 g/mol. The van der Waals surface area contributed by atoms with Gasteiger partial charge in [0.05, 0.1) is 12.1 Å². The fourth-order valence-electron chi connectivity index (χ4n) is 2.26. The maximum Gasteiger partial charge on any atom is 0.407 e. The number of aliphatic hydroxyl groups excluding tert-OH is 1. The van der Waals surface area contributed by atoms with E-state index in [-0.39, 0.29) is 18.7 Å². The number of ether oxygens (including phenoxy) is 1. The molecule has 0 aliphatic heterocycles. The number of carbonyl (C=O) groups excluding carboxylic acids is 1. The molecular weight excluding hydrogens is 244 g/mol. The summed E-state index contributed by atoms with van der Waals surface area (Å²) in [6.45, 7) is 0.224. The summed E-state index contributed by atoms with van der Waals surface area (Å²) in [5, 5.41) is 12.5. The third-order valence-corrected chi connectivity index (χ3v) is 3.37. The lowest BCUT2D eigenvalue weighted by Crippen LogP contribution is -2.50. The maximum absolute atomic E-state index is 11.7. The molecule has 0 spiro atoms. The summed E-state index contributed by atoms with van der Waals surface area (Å²) < 4.78 is 5.11. The van der Waals surface area contributed by atoms with Crippen LogP contribution in [0.15, 0.2) is 30.3 Å². The standard InChI is InChI=1S/C14H20N2O3/c15-11-6-7-13(17)12(8-11)16-14(18)19-9-10-4-2-1-3-5-10/h1-5,11-13,17H,6-9,15H2,(H,16,18)/t11-,12+,13+/m1/s1. The van der Waals surface area contributed by atoms with Gasteiger partial charge in [-0.3, -0.25) is 0 Å². The number of hydrogen-bond donors (Lipinski definition) is 3. The molecule has 2 rings (SSSR count). The van der Waals surface area contributed by atoms with Gasteiger partial charge in [0, 0.05) is 6.04 Å². The second-order valence-corrected chi connectivity index (χ2v) is 4.95. The number of benzene rings is 1. The Bertz CT molecular complexity index is 410. The molecular formula is C14H20N2O3. The number of alkyl carbamates (subject to hydrolysis) is 1. The Kier molecular flexibility index (Phi) is 4.76. The Balaban J connectivity index is 1.77. The van der Waals surface area contributed by atoms with Crippen molar-refractivity contribution >= 4 is 6.09 Å². The fourth-order valence-corrected chi connectivity index (χ4v) is 2.26. The van der Waals surface area contributed by atoms with Gasteiger partial charge < -0.3 is 20.9 Å². The van der Waals surface area contributed by atoms with Crippen molar-refractivity contribution in [3.05, 3.63) is 35.9 Å². The van der Waals surface area contributed by atoms with E-state index in [0.29, 0.717) is 12.8 Å². The van der Waals surface area contributed by atoms with E-state index in [1.165, 1.54) is 0 Å². The van der Waals surface area contributed by atoms with Crippen LogP contribution in [0.2, 0.25) is 0 Å². The fraction of sp³-hybridized carbons (Fsp3) is 0.500. The van der Waals surface area contributed by atoms with Crippen LogP contribution in [0.4, 0.5) is 4.79 Å². The summed E-state index contributed by atoms with van der Waals surface area (Å²) in [7, 11) is 0. The van der Waals surface area contributed by atoms with Crippen LogP contribution < -0.4 is 11.1 Å². The van der Waals surface area contributed by atoms with Crippen LogP contribution in [-0.2, 0) is 11.3 Å². The molecule has 5 nitrogen and oxygen atoms in total. The van der Waals surface area contributed by atoms with E-state index in [1.54, 1.807) is 0 Å². The van der Waals surface area contributed by atoms with Gasteiger partial charge in [-0.15, -0.1) is 0 Å². The molecule has 0 heterocycles. The van der Waals surface area contributed by atoms with Gasteiger partial charge in [0.15, 0.2) is 0 Å². The number of hydrogen-bond acceptors (Lipinski definition) is 4. The Morgan fingerprint density at radius 2 is 2.11 bits per heavy atom. The average Bonchev–Trinajstić information content (AvgIpc) is 2.42.